The third-order valence-electron chi connectivity index (χ3n) is 2.14. The lowest BCUT2D eigenvalue weighted by atomic mass is 10.1. The Kier molecular flexibility index (Phi) is 21.4. The summed E-state index contributed by atoms with van der Waals surface area (Å²) in [5.74, 6) is 0. The minimum Gasteiger partial charge on any atom is -0.0776 e. The maximum atomic E-state index is 2.18. The molecular weight excluding hydrogens is 192 g/mol. The molecule has 0 nitrogen and oxygen atoms in total. The second-order valence-electron chi connectivity index (χ2n) is 3.28. The molecule has 0 N–H and O–H groups in total. The molecule has 1 aromatic carbocycles. The molecule has 0 heterocycles. The largest absolute Gasteiger partial charge is 0.0776 e. The highest BCUT2D eigenvalue weighted by molar-refractivity contribution is 5.24. The van der Waals surface area contributed by atoms with E-state index in [0.717, 1.165) is 6.42 Å². The standard InChI is InChI=1S/C9H12.C4H10.C2H6.CH4/c1-3-9-7-5-4-6-8(9)2;1-3-4-2;1-2;/h4-7H,3H2,1-2H3;3-4H2,1-2H3;1-2H3;1H4. The van der Waals surface area contributed by atoms with Gasteiger partial charge in [0.15, 0.2) is 0 Å². The summed E-state index contributed by atoms with van der Waals surface area (Å²) in [7, 11) is 0. The van der Waals surface area contributed by atoms with E-state index in [1.807, 2.05) is 13.8 Å². The molecule has 0 aliphatic heterocycles. The van der Waals surface area contributed by atoms with Gasteiger partial charge in [-0.2, -0.15) is 0 Å². The summed E-state index contributed by atoms with van der Waals surface area (Å²) in [4.78, 5) is 0. The Hall–Kier alpha value is -0.780. The molecule has 0 atom stereocenters. The highest BCUT2D eigenvalue weighted by atomic mass is 13.9. The van der Waals surface area contributed by atoms with Crippen LogP contribution in [-0.2, 0) is 6.42 Å². The van der Waals surface area contributed by atoms with Crippen molar-refractivity contribution in [3.8, 4) is 0 Å². The van der Waals surface area contributed by atoms with Gasteiger partial charge in [-0.1, -0.05) is 79.2 Å². The van der Waals surface area contributed by atoms with Gasteiger partial charge in [-0.05, 0) is 24.5 Å². The van der Waals surface area contributed by atoms with E-state index < -0.39 is 0 Å². The van der Waals surface area contributed by atoms with Crippen molar-refractivity contribution in [2.75, 3.05) is 0 Å². The fourth-order valence-electron chi connectivity index (χ4n) is 1.01. The summed E-state index contributed by atoms with van der Waals surface area (Å²) in [6, 6.07) is 8.49. The molecule has 1 rings (SSSR count). The van der Waals surface area contributed by atoms with E-state index in [1.165, 1.54) is 24.0 Å². The van der Waals surface area contributed by atoms with Gasteiger partial charge in [0.2, 0.25) is 0 Å². The van der Waals surface area contributed by atoms with E-state index in [1.54, 1.807) is 0 Å². The van der Waals surface area contributed by atoms with E-state index >= 15 is 0 Å². The van der Waals surface area contributed by atoms with Crippen molar-refractivity contribution < 1.29 is 0 Å². The first-order valence-corrected chi connectivity index (χ1v) is 6.30. The summed E-state index contributed by atoms with van der Waals surface area (Å²) in [5.41, 5.74) is 2.86. The van der Waals surface area contributed by atoms with Crippen LogP contribution in [0, 0.1) is 6.92 Å². The van der Waals surface area contributed by atoms with Crippen LogP contribution in [-0.4, -0.2) is 0 Å². The van der Waals surface area contributed by atoms with Crippen molar-refractivity contribution in [2.24, 2.45) is 0 Å². The van der Waals surface area contributed by atoms with E-state index in [0.29, 0.717) is 0 Å². The summed E-state index contributed by atoms with van der Waals surface area (Å²) in [6.45, 7) is 12.7. The molecule has 1 aromatic rings. The number of benzene rings is 1. The zero-order valence-electron chi connectivity index (χ0n) is 11.4. The molecule has 0 aliphatic carbocycles. The molecule has 16 heavy (non-hydrogen) atoms. The van der Waals surface area contributed by atoms with E-state index in [9.17, 15) is 0 Å². The molecule has 0 saturated heterocycles. The lowest BCUT2D eigenvalue weighted by Gasteiger charge is -1.98. The first-order chi connectivity index (χ1) is 7.26. The first kappa shape index (κ1) is 20.6. The Labute approximate surface area is 104 Å². The lowest BCUT2D eigenvalue weighted by Crippen LogP contribution is -1.82. The minimum absolute atomic E-state index is 0. The van der Waals surface area contributed by atoms with E-state index in [-0.39, 0.29) is 7.43 Å². The van der Waals surface area contributed by atoms with Gasteiger partial charge in [0, 0.05) is 0 Å². The molecule has 0 radical (unpaired) electrons. The average Bonchev–Trinajstić information content (AvgIpc) is 2.33. The first-order valence-electron chi connectivity index (χ1n) is 6.30. The zero-order valence-corrected chi connectivity index (χ0v) is 11.4. The Bertz CT molecular complexity index is 211. The number of rotatable bonds is 2. The molecular formula is C16H32. The fourth-order valence-corrected chi connectivity index (χ4v) is 1.01. The smallest absolute Gasteiger partial charge is 0.0305 e. The van der Waals surface area contributed by atoms with Crippen LogP contribution >= 0.6 is 0 Å². The van der Waals surface area contributed by atoms with Crippen LogP contribution in [0.3, 0.4) is 0 Å². The van der Waals surface area contributed by atoms with Crippen molar-refractivity contribution in [3.05, 3.63) is 35.4 Å². The SMILES string of the molecule is C.CC.CCCC.CCc1ccccc1C. The quantitative estimate of drug-likeness (QED) is 0.575. The normalized spacial score (nSPS) is 7.62. The third kappa shape index (κ3) is 11.3. The topological polar surface area (TPSA) is 0 Å². The molecule has 0 amide bonds. The predicted octanol–water partition coefficient (Wildman–Crippen LogP) is 6.03. The monoisotopic (exact) mass is 224 g/mol. The number of hydrogen-bond acceptors (Lipinski definition) is 0. The summed E-state index contributed by atoms with van der Waals surface area (Å²) in [6.07, 6.45) is 3.78. The zero-order chi connectivity index (χ0) is 12.1. The van der Waals surface area contributed by atoms with Crippen LogP contribution in [0.2, 0.25) is 0 Å². The molecule has 0 fully saturated rings. The molecule has 0 unspecified atom stereocenters. The molecule has 0 aliphatic rings. The highest BCUT2D eigenvalue weighted by Crippen LogP contribution is 2.06. The summed E-state index contributed by atoms with van der Waals surface area (Å²) >= 11 is 0. The fraction of sp³-hybridized carbons (Fsp3) is 0.625. The maximum Gasteiger partial charge on any atom is -0.0305 e. The Morgan fingerprint density at radius 1 is 0.875 bits per heavy atom. The van der Waals surface area contributed by atoms with Crippen molar-refractivity contribution in [3.63, 3.8) is 0 Å². The number of hydrogen-bond donors (Lipinski definition) is 0. The van der Waals surface area contributed by atoms with E-state index in [4.69, 9.17) is 0 Å². The molecule has 96 valence electrons. The van der Waals surface area contributed by atoms with Crippen LogP contribution in [0.1, 0.15) is 66.0 Å². The molecule has 0 aromatic heterocycles. The molecule has 0 heteroatoms. The number of aryl methyl sites for hydroxylation is 2. The third-order valence-corrected chi connectivity index (χ3v) is 2.14. The lowest BCUT2D eigenvalue weighted by molar-refractivity contribution is 0.886. The van der Waals surface area contributed by atoms with Gasteiger partial charge in [0.25, 0.3) is 0 Å². The second kappa shape index (κ2) is 16.6. The maximum absolute atomic E-state index is 2.18. The molecule has 0 saturated carbocycles. The van der Waals surface area contributed by atoms with Crippen molar-refractivity contribution in [2.45, 2.75) is 68.2 Å². The van der Waals surface area contributed by atoms with Gasteiger partial charge < -0.3 is 0 Å². The van der Waals surface area contributed by atoms with Crippen LogP contribution in [0.4, 0.5) is 0 Å². The summed E-state index contributed by atoms with van der Waals surface area (Å²) < 4.78 is 0. The van der Waals surface area contributed by atoms with Gasteiger partial charge in [-0.25, -0.2) is 0 Å². The summed E-state index contributed by atoms with van der Waals surface area (Å²) in [5, 5.41) is 0. The Morgan fingerprint density at radius 3 is 1.56 bits per heavy atom. The molecule has 0 spiro atoms. The van der Waals surface area contributed by atoms with Gasteiger partial charge >= 0.3 is 0 Å². The van der Waals surface area contributed by atoms with Crippen molar-refractivity contribution >= 4 is 0 Å². The Balaban J connectivity index is -0.000000209. The van der Waals surface area contributed by atoms with Gasteiger partial charge in [-0.3, -0.25) is 0 Å². The predicted molar refractivity (Wildman–Crippen MR) is 79.2 cm³/mol. The van der Waals surface area contributed by atoms with Crippen LogP contribution in [0.15, 0.2) is 24.3 Å². The highest BCUT2D eigenvalue weighted by Gasteiger charge is 1.89. The van der Waals surface area contributed by atoms with E-state index in [2.05, 4.69) is 52.0 Å². The van der Waals surface area contributed by atoms with Crippen molar-refractivity contribution in [1.29, 1.82) is 0 Å². The van der Waals surface area contributed by atoms with Crippen LogP contribution in [0.5, 0.6) is 0 Å². The second-order valence-corrected chi connectivity index (χ2v) is 3.28. The van der Waals surface area contributed by atoms with Crippen LogP contribution in [0.25, 0.3) is 0 Å². The van der Waals surface area contributed by atoms with Gasteiger partial charge in [0.1, 0.15) is 0 Å². The van der Waals surface area contributed by atoms with Gasteiger partial charge in [0.05, 0.1) is 0 Å². The van der Waals surface area contributed by atoms with Crippen molar-refractivity contribution in [1.82, 2.24) is 0 Å². The average molecular weight is 224 g/mol. The molecule has 0 bridgehead atoms. The minimum atomic E-state index is 0. The van der Waals surface area contributed by atoms with Crippen LogP contribution < -0.4 is 0 Å². The Morgan fingerprint density at radius 2 is 1.31 bits per heavy atom. The van der Waals surface area contributed by atoms with Gasteiger partial charge in [-0.15, -0.1) is 0 Å². The number of unbranched alkanes of at least 4 members (excludes halogenated alkanes) is 1.